The topological polar surface area (TPSA) is 124 Å². The molecular weight excluding hydrogens is 478 g/mol. The van der Waals surface area contributed by atoms with E-state index in [1.54, 1.807) is 24.3 Å². The van der Waals surface area contributed by atoms with E-state index in [4.69, 9.17) is 13.7 Å². The van der Waals surface area contributed by atoms with Crippen molar-refractivity contribution in [3.8, 4) is 11.5 Å². The predicted octanol–water partition coefficient (Wildman–Crippen LogP) is 3.02. The summed E-state index contributed by atoms with van der Waals surface area (Å²) >= 11 is 1.26. The Morgan fingerprint density at radius 3 is 2.65 bits per heavy atom. The van der Waals surface area contributed by atoms with Crippen LogP contribution in [0, 0.1) is 0 Å². The van der Waals surface area contributed by atoms with Crippen LogP contribution in [0.25, 0.3) is 11.5 Å². The van der Waals surface area contributed by atoms with Crippen LogP contribution in [0.5, 0.6) is 0 Å². The quantitative estimate of drug-likeness (QED) is 0.334. The van der Waals surface area contributed by atoms with Gasteiger partial charge in [-0.2, -0.15) is 9.29 Å². The van der Waals surface area contributed by atoms with E-state index in [0.717, 1.165) is 5.56 Å². The SMILES string of the molecule is O=S(=O)(c1cccc(-c2nnc(SCc3nc(Cc4ccccc4)no3)o2)c1)N1CCOCC1. The zero-order chi connectivity index (χ0) is 23.4. The lowest BCUT2D eigenvalue weighted by molar-refractivity contribution is 0.0730. The summed E-state index contributed by atoms with van der Waals surface area (Å²) in [5, 5.41) is 12.4. The number of rotatable bonds is 8. The summed E-state index contributed by atoms with van der Waals surface area (Å²) in [6, 6.07) is 16.4. The number of ether oxygens (including phenoxy) is 1. The molecule has 0 atom stereocenters. The molecule has 0 saturated carbocycles. The normalized spacial score (nSPS) is 14.9. The molecule has 0 aliphatic carbocycles. The Labute approximate surface area is 200 Å². The molecule has 5 rings (SSSR count). The lowest BCUT2D eigenvalue weighted by atomic mass is 10.1. The maximum absolute atomic E-state index is 12.9. The molecule has 2 aromatic carbocycles. The molecule has 1 aliphatic heterocycles. The molecule has 34 heavy (non-hydrogen) atoms. The maximum Gasteiger partial charge on any atom is 0.277 e. The lowest BCUT2D eigenvalue weighted by Crippen LogP contribution is -2.40. The summed E-state index contributed by atoms with van der Waals surface area (Å²) in [5.74, 6) is 1.66. The molecule has 0 radical (unpaired) electrons. The molecule has 0 N–H and O–H groups in total. The zero-order valence-electron chi connectivity index (χ0n) is 18.0. The Kier molecular flexibility index (Phi) is 6.72. The summed E-state index contributed by atoms with van der Waals surface area (Å²) in [6.07, 6.45) is 0.587. The van der Waals surface area contributed by atoms with E-state index in [2.05, 4.69) is 20.3 Å². The molecule has 10 nitrogen and oxygen atoms in total. The van der Waals surface area contributed by atoms with E-state index in [1.165, 1.54) is 16.1 Å². The first-order valence-corrected chi connectivity index (χ1v) is 13.0. The van der Waals surface area contributed by atoms with Crippen LogP contribution < -0.4 is 0 Å². The van der Waals surface area contributed by atoms with E-state index in [0.29, 0.717) is 61.0 Å². The van der Waals surface area contributed by atoms with Crippen molar-refractivity contribution in [2.75, 3.05) is 26.3 Å². The molecule has 176 valence electrons. The Balaban J connectivity index is 1.24. The van der Waals surface area contributed by atoms with Crippen LogP contribution in [-0.4, -0.2) is 59.4 Å². The number of sulfonamides is 1. The Bertz CT molecular complexity index is 1350. The van der Waals surface area contributed by atoms with Crippen molar-refractivity contribution >= 4 is 21.8 Å². The summed E-state index contributed by atoms with van der Waals surface area (Å²) in [6.45, 7) is 1.43. The van der Waals surface area contributed by atoms with Gasteiger partial charge in [-0.25, -0.2) is 8.42 Å². The van der Waals surface area contributed by atoms with Crippen LogP contribution in [0.15, 0.2) is 73.7 Å². The highest BCUT2D eigenvalue weighted by Gasteiger charge is 2.27. The first-order valence-electron chi connectivity index (χ1n) is 10.6. The van der Waals surface area contributed by atoms with E-state index in [1.807, 2.05) is 30.3 Å². The third-order valence-electron chi connectivity index (χ3n) is 5.13. The summed E-state index contributed by atoms with van der Waals surface area (Å²) in [5.41, 5.74) is 1.62. The first-order chi connectivity index (χ1) is 16.6. The third kappa shape index (κ3) is 5.20. The smallest absolute Gasteiger partial charge is 0.277 e. The van der Waals surface area contributed by atoms with Crippen LogP contribution in [-0.2, 0) is 26.9 Å². The molecule has 0 bridgehead atoms. The largest absolute Gasteiger partial charge is 0.411 e. The first kappa shape index (κ1) is 22.7. The van der Waals surface area contributed by atoms with Crippen molar-refractivity contribution in [2.24, 2.45) is 0 Å². The van der Waals surface area contributed by atoms with E-state index in [9.17, 15) is 8.42 Å². The molecule has 0 unspecified atom stereocenters. The van der Waals surface area contributed by atoms with Gasteiger partial charge < -0.3 is 13.7 Å². The van der Waals surface area contributed by atoms with Crippen molar-refractivity contribution in [3.63, 3.8) is 0 Å². The van der Waals surface area contributed by atoms with Gasteiger partial charge in [-0.1, -0.05) is 53.3 Å². The van der Waals surface area contributed by atoms with E-state index in [-0.39, 0.29) is 10.8 Å². The summed E-state index contributed by atoms with van der Waals surface area (Å²) in [4.78, 5) is 4.58. The van der Waals surface area contributed by atoms with Gasteiger partial charge in [0, 0.05) is 25.1 Å². The second kappa shape index (κ2) is 10.1. The molecule has 3 heterocycles. The monoisotopic (exact) mass is 499 g/mol. The Morgan fingerprint density at radius 1 is 1.00 bits per heavy atom. The highest BCUT2D eigenvalue weighted by molar-refractivity contribution is 7.98. The molecule has 0 amide bonds. The zero-order valence-corrected chi connectivity index (χ0v) is 19.7. The number of thioether (sulfide) groups is 1. The number of morpholine rings is 1. The molecule has 2 aromatic heterocycles. The predicted molar refractivity (Wildman–Crippen MR) is 122 cm³/mol. The van der Waals surface area contributed by atoms with Gasteiger partial charge in [0.05, 0.1) is 23.9 Å². The molecule has 1 fully saturated rings. The number of benzene rings is 2. The Hall–Kier alpha value is -3.06. The minimum atomic E-state index is -3.62. The van der Waals surface area contributed by atoms with Crippen LogP contribution in [0.3, 0.4) is 0 Å². The fourth-order valence-electron chi connectivity index (χ4n) is 3.43. The van der Waals surface area contributed by atoms with Gasteiger partial charge in [-0.3, -0.25) is 0 Å². The van der Waals surface area contributed by atoms with E-state index < -0.39 is 10.0 Å². The fraction of sp³-hybridized carbons (Fsp3) is 0.273. The molecular formula is C22H21N5O5S2. The van der Waals surface area contributed by atoms with Crippen LogP contribution in [0.2, 0.25) is 0 Å². The van der Waals surface area contributed by atoms with Crippen LogP contribution in [0.4, 0.5) is 0 Å². The molecule has 1 aliphatic rings. The van der Waals surface area contributed by atoms with Gasteiger partial charge in [-0.15, -0.1) is 10.2 Å². The summed E-state index contributed by atoms with van der Waals surface area (Å²) in [7, 11) is -3.62. The van der Waals surface area contributed by atoms with Gasteiger partial charge in [-0.05, 0) is 23.8 Å². The molecule has 0 spiro atoms. The number of aromatic nitrogens is 4. The number of nitrogens with zero attached hydrogens (tertiary/aromatic N) is 5. The van der Waals surface area contributed by atoms with Crippen LogP contribution in [0.1, 0.15) is 17.3 Å². The highest BCUT2D eigenvalue weighted by Crippen LogP contribution is 2.28. The van der Waals surface area contributed by atoms with E-state index >= 15 is 0 Å². The number of hydrogen-bond acceptors (Lipinski definition) is 10. The number of hydrogen-bond donors (Lipinski definition) is 0. The molecule has 4 aromatic rings. The summed E-state index contributed by atoms with van der Waals surface area (Å²) < 4.78 is 43.6. The van der Waals surface area contributed by atoms with Crippen LogP contribution >= 0.6 is 11.8 Å². The van der Waals surface area contributed by atoms with Gasteiger partial charge in [0.2, 0.25) is 21.8 Å². The van der Waals surface area contributed by atoms with Crippen molar-refractivity contribution in [1.29, 1.82) is 0 Å². The highest BCUT2D eigenvalue weighted by atomic mass is 32.2. The average Bonchev–Trinajstić information content (AvgIpc) is 3.54. The van der Waals surface area contributed by atoms with Crippen molar-refractivity contribution in [1.82, 2.24) is 24.6 Å². The van der Waals surface area contributed by atoms with Crippen molar-refractivity contribution in [3.05, 3.63) is 71.9 Å². The second-order valence-corrected chi connectivity index (χ2v) is 10.3. The second-order valence-electron chi connectivity index (χ2n) is 7.47. The van der Waals surface area contributed by atoms with Gasteiger partial charge in [0.1, 0.15) is 0 Å². The Morgan fingerprint density at radius 2 is 1.82 bits per heavy atom. The molecule has 12 heteroatoms. The van der Waals surface area contributed by atoms with Crippen molar-refractivity contribution in [2.45, 2.75) is 22.3 Å². The minimum absolute atomic E-state index is 0.177. The lowest BCUT2D eigenvalue weighted by Gasteiger charge is -2.26. The molecule has 1 saturated heterocycles. The fourth-order valence-corrected chi connectivity index (χ4v) is 5.49. The standard InChI is InChI=1S/C22H21N5O5S2/c28-34(29,27-9-11-30-12-10-27)18-8-4-7-17(14-18)21-24-25-22(31-21)33-15-20-23-19(26-32-20)13-16-5-2-1-3-6-16/h1-8,14H,9-13,15H2. The third-order valence-corrected chi connectivity index (χ3v) is 7.83. The minimum Gasteiger partial charge on any atom is -0.411 e. The van der Waals surface area contributed by atoms with Gasteiger partial charge >= 0.3 is 0 Å². The average molecular weight is 500 g/mol. The van der Waals surface area contributed by atoms with Crippen molar-refractivity contribution < 1.29 is 22.1 Å². The van der Waals surface area contributed by atoms with Gasteiger partial charge in [0.15, 0.2) is 5.82 Å². The van der Waals surface area contributed by atoms with Gasteiger partial charge in [0.25, 0.3) is 5.22 Å². The maximum atomic E-state index is 12.9.